The number of halogens is 3. The zero-order chi connectivity index (χ0) is 17.6. The van der Waals surface area contributed by atoms with Gasteiger partial charge in [0.05, 0.1) is 11.9 Å². The zero-order valence-corrected chi connectivity index (χ0v) is 13.5. The van der Waals surface area contributed by atoms with Gasteiger partial charge in [0.1, 0.15) is 11.6 Å². The Morgan fingerprint density at radius 3 is 2.72 bits per heavy atom. The summed E-state index contributed by atoms with van der Waals surface area (Å²) in [5.41, 5.74) is 4.54. The van der Waals surface area contributed by atoms with Crippen molar-refractivity contribution in [2.75, 3.05) is 5.43 Å². The fraction of sp³-hybridized carbons (Fsp3) is 0.0588. The molecule has 0 aliphatic rings. The van der Waals surface area contributed by atoms with Crippen molar-refractivity contribution in [3.8, 4) is 17.0 Å². The molecule has 0 saturated heterocycles. The molecule has 4 nitrogen and oxygen atoms in total. The summed E-state index contributed by atoms with van der Waals surface area (Å²) in [7, 11) is 0. The quantitative estimate of drug-likeness (QED) is 0.495. The largest absolute Gasteiger partial charge is 0.434 e. The highest BCUT2D eigenvalue weighted by Gasteiger charge is 2.09. The first-order valence-electron chi connectivity index (χ1n) is 7.16. The zero-order valence-electron chi connectivity index (χ0n) is 12.7. The lowest BCUT2D eigenvalue weighted by Crippen LogP contribution is -2.05. The van der Waals surface area contributed by atoms with Gasteiger partial charge in [0.25, 0.3) is 0 Å². The number of hydrogen-bond donors (Lipinski definition) is 1. The highest BCUT2D eigenvalue weighted by atomic mass is 32.1. The van der Waals surface area contributed by atoms with E-state index in [1.165, 1.54) is 17.6 Å². The van der Waals surface area contributed by atoms with Crippen LogP contribution in [0.2, 0.25) is 0 Å². The van der Waals surface area contributed by atoms with Crippen LogP contribution in [0, 0.1) is 5.82 Å². The standard InChI is InChI=1S/C17H12F3N3OS/c18-13-6-7-15(24-16(19)20)12(8-13)9-21-23-17-22-14(10-25-17)11-4-2-1-3-5-11/h1-10,16H,(H,22,23). The van der Waals surface area contributed by atoms with Crippen molar-refractivity contribution in [3.63, 3.8) is 0 Å². The molecule has 0 saturated carbocycles. The number of aromatic nitrogens is 1. The van der Waals surface area contributed by atoms with Crippen LogP contribution in [0.25, 0.3) is 11.3 Å². The SMILES string of the molecule is Fc1ccc(OC(F)F)c(C=NNc2nc(-c3ccccc3)cs2)c1. The van der Waals surface area contributed by atoms with Crippen molar-refractivity contribution in [2.45, 2.75) is 6.61 Å². The van der Waals surface area contributed by atoms with Gasteiger partial charge in [-0.25, -0.2) is 9.37 Å². The minimum atomic E-state index is -3.00. The molecule has 0 atom stereocenters. The molecule has 1 aromatic heterocycles. The van der Waals surface area contributed by atoms with Crippen LogP contribution in [0.15, 0.2) is 59.0 Å². The minimum Gasteiger partial charge on any atom is -0.434 e. The molecule has 0 amide bonds. The highest BCUT2D eigenvalue weighted by molar-refractivity contribution is 7.14. The number of alkyl halides is 2. The summed E-state index contributed by atoms with van der Waals surface area (Å²) in [6, 6.07) is 12.8. The lowest BCUT2D eigenvalue weighted by atomic mass is 10.2. The average molecular weight is 363 g/mol. The third kappa shape index (κ3) is 4.57. The Balaban J connectivity index is 1.72. The number of ether oxygens (including phenoxy) is 1. The Morgan fingerprint density at radius 1 is 1.16 bits per heavy atom. The summed E-state index contributed by atoms with van der Waals surface area (Å²) in [6.07, 6.45) is 1.20. The van der Waals surface area contributed by atoms with E-state index in [0.29, 0.717) is 5.13 Å². The van der Waals surface area contributed by atoms with E-state index in [9.17, 15) is 13.2 Å². The van der Waals surface area contributed by atoms with Gasteiger partial charge < -0.3 is 4.74 Å². The first-order valence-corrected chi connectivity index (χ1v) is 8.04. The molecule has 3 aromatic rings. The molecule has 8 heteroatoms. The van der Waals surface area contributed by atoms with E-state index in [0.717, 1.165) is 29.5 Å². The van der Waals surface area contributed by atoms with E-state index in [-0.39, 0.29) is 11.3 Å². The van der Waals surface area contributed by atoms with Gasteiger partial charge in [-0.05, 0) is 18.2 Å². The molecular weight excluding hydrogens is 351 g/mol. The molecule has 0 aliphatic heterocycles. The summed E-state index contributed by atoms with van der Waals surface area (Å²) >= 11 is 1.34. The molecule has 2 aromatic carbocycles. The maximum atomic E-state index is 13.3. The van der Waals surface area contributed by atoms with E-state index in [4.69, 9.17) is 0 Å². The first-order chi connectivity index (χ1) is 12.1. The first kappa shape index (κ1) is 17.0. The lowest BCUT2D eigenvalue weighted by Gasteiger charge is -2.07. The van der Waals surface area contributed by atoms with Gasteiger partial charge in [-0.1, -0.05) is 30.3 Å². The van der Waals surface area contributed by atoms with Crippen molar-refractivity contribution in [1.82, 2.24) is 4.98 Å². The second-order valence-electron chi connectivity index (χ2n) is 4.83. The average Bonchev–Trinajstić information content (AvgIpc) is 3.07. The lowest BCUT2D eigenvalue weighted by molar-refractivity contribution is -0.0499. The fourth-order valence-corrected chi connectivity index (χ4v) is 2.72. The van der Waals surface area contributed by atoms with Crippen molar-refractivity contribution in [2.24, 2.45) is 5.10 Å². The second-order valence-corrected chi connectivity index (χ2v) is 5.69. The molecule has 25 heavy (non-hydrogen) atoms. The molecule has 1 heterocycles. The van der Waals surface area contributed by atoms with Crippen molar-refractivity contribution >= 4 is 22.7 Å². The number of nitrogens with zero attached hydrogens (tertiary/aromatic N) is 2. The molecule has 0 unspecified atom stereocenters. The van der Waals surface area contributed by atoms with Crippen LogP contribution in [0.5, 0.6) is 5.75 Å². The topological polar surface area (TPSA) is 46.5 Å². The highest BCUT2D eigenvalue weighted by Crippen LogP contribution is 2.25. The molecule has 0 spiro atoms. The van der Waals surface area contributed by atoms with Crippen molar-refractivity contribution in [3.05, 3.63) is 65.3 Å². The van der Waals surface area contributed by atoms with E-state index >= 15 is 0 Å². The summed E-state index contributed by atoms with van der Waals surface area (Å²) in [5, 5.41) is 6.29. The minimum absolute atomic E-state index is 0.0904. The maximum Gasteiger partial charge on any atom is 0.387 e. The van der Waals surface area contributed by atoms with E-state index in [2.05, 4.69) is 20.2 Å². The number of nitrogens with one attached hydrogen (secondary N) is 1. The monoisotopic (exact) mass is 363 g/mol. The van der Waals surface area contributed by atoms with Crippen molar-refractivity contribution in [1.29, 1.82) is 0 Å². The summed E-state index contributed by atoms with van der Waals surface area (Å²) in [5.74, 6) is -0.741. The van der Waals surface area contributed by atoms with Crippen LogP contribution >= 0.6 is 11.3 Å². The van der Waals surface area contributed by atoms with Crippen LogP contribution in [-0.4, -0.2) is 17.8 Å². The van der Waals surface area contributed by atoms with Gasteiger partial charge in [-0.3, -0.25) is 5.43 Å². The number of anilines is 1. The summed E-state index contributed by atoms with van der Waals surface area (Å²) in [4.78, 5) is 4.37. The Hall–Kier alpha value is -2.87. The predicted molar refractivity (Wildman–Crippen MR) is 91.8 cm³/mol. The van der Waals surface area contributed by atoms with Gasteiger partial charge in [0.2, 0.25) is 5.13 Å². The van der Waals surface area contributed by atoms with Gasteiger partial charge >= 0.3 is 6.61 Å². The van der Waals surface area contributed by atoms with Crippen LogP contribution in [0.4, 0.5) is 18.3 Å². The van der Waals surface area contributed by atoms with E-state index in [1.807, 2.05) is 35.7 Å². The molecule has 128 valence electrons. The van der Waals surface area contributed by atoms with Crippen LogP contribution in [-0.2, 0) is 0 Å². The van der Waals surface area contributed by atoms with Gasteiger partial charge in [0.15, 0.2) is 0 Å². The molecule has 3 rings (SSSR count). The predicted octanol–water partition coefficient (Wildman–Crippen LogP) is 5.00. The number of hydrogen-bond acceptors (Lipinski definition) is 5. The Labute approximate surface area is 145 Å². The number of rotatable bonds is 6. The number of thiazole rings is 1. The van der Waals surface area contributed by atoms with Gasteiger partial charge in [-0.2, -0.15) is 13.9 Å². The van der Waals surface area contributed by atoms with Gasteiger partial charge in [0, 0.05) is 16.5 Å². The molecule has 0 radical (unpaired) electrons. The Kier molecular flexibility index (Phi) is 5.30. The van der Waals surface area contributed by atoms with Crippen LogP contribution in [0.1, 0.15) is 5.56 Å². The molecule has 0 bridgehead atoms. The summed E-state index contributed by atoms with van der Waals surface area (Å²) < 4.78 is 42.4. The third-order valence-corrected chi connectivity index (χ3v) is 3.87. The molecular formula is C17H12F3N3OS. The summed E-state index contributed by atoms with van der Waals surface area (Å²) in [6.45, 7) is -3.00. The third-order valence-electron chi connectivity index (χ3n) is 3.13. The van der Waals surface area contributed by atoms with Crippen molar-refractivity contribution < 1.29 is 17.9 Å². The van der Waals surface area contributed by atoms with Crippen LogP contribution < -0.4 is 10.2 Å². The maximum absolute atomic E-state index is 13.3. The van der Waals surface area contributed by atoms with E-state index in [1.54, 1.807) is 0 Å². The Bertz CT molecular complexity index is 869. The molecule has 0 aliphatic carbocycles. The Morgan fingerprint density at radius 2 is 1.96 bits per heavy atom. The van der Waals surface area contributed by atoms with Gasteiger partial charge in [-0.15, -0.1) is 11.3 Å². The number of benzene rings is 2. The smallest absolute Gasteiger partial charge is 0.387 e. The van der Waals surface area contributed by atoms with Crippen LogP contribution in [0.3, 0.4) is 0 Å². The molecule has 1 N–H and O–H groups in total. The molecule has 0 fully saturated rings. The second kappa shape index (κ2) is 7.80. The normalized spacial score (nSPS) is 11.2. The number of hydrazone groups is 1. The van der Waals surface area contributed by atoms with E-state index < -0.39 is 12.4 Å². The fourth-order valence-electron chi connectivity index (χ4n) is 2.05.